The number of carbonyl (C=O) groups excluding carboxylic acids is 1. The summed E-state index contributed by atoms with van der Waals surface area (Å²) in [5.41, 5.74) is 2.13. The van der Waals surface area contributed by atoms with E-state index in [0.717, 1.165) is 6.54 Å². The smallest absolute Gasteiger partial charge is 0.248 e. The highest BCUT2D eigenvalue weighted by atomic mass is 16.5. The second-order valence-electron chi connectivity index (χ2n) is 3.26. The number of nitrogens with one attached hydrogen (secondary N) is 1. The van der Waals surface area contributed by atoms with E-state index in [-0.39, 0.29) is 5.91 Å². The van der Waals surface area contributed by atoms with Gasteiger partial charge in [-0.3, -0.25) is 15.1 Å². The largest absolute Gasteiger partial charge is 0.383 e. The fraction of sp³-hybridized carbons (Fsp3) is 0.875. The Morgan fingerprint density at radius 3 is 2.85 bits per heavy atom. The summed E-state index contributed by atoms with van der Waals surface area (Å²) < 4.78 is 4.96. The summed E-state index contributed by atoms with van der Waals surface area (Å²) in [6.07, 6.45) is 2.36. The Morgan fingerprint density at radius 2 is 2.38 bits per heavy atom. The lowest BCUT2D eigenvalue weighted by Crippen LogP contribution is -2.42. The van der Waals surface area contributed by atoms with Gasteiger partial charge in [0, 0.05) is 19.7 Å². The number of hydrazine groups is 1. The highest BCUT2D eigenvalue weighted by molar-refractivity contribution is 5.77. The molecule has 5 heteroatoms. The molecule has 0 aromatic carbocycles. The first kappa shape index (κ1) is 10.4. The average molecular weight is 187 g/mol. The summed E-state index contributed by atoms with van der Waals surface area (Å²) in [5.74, 6) is 4.88. The molecular formula is C8H17N3O2. The molecule has 1 amide bonds. The predicted octanol–water partition coefficient (Wildman–Crippen LogP) is -0.913. The summed E-state index contributed by atoms with van der Waals surface area (Å²) >= 11 is 0. The Hall–Kier alpha value is -0.650. The Kier molecular flexibility index (Phi) is 4.14. The molecule has 0 unspecified atom stereocenters. The van der Waals surface area contributed by atoms with E-state index < -0.39 is 0 Å². The molecule has 0 radical (unpaired) electrons. The molecule has 0 aromatic heterocycles. The van der Waals surface area contributed by atoms with E-state index in [1.54, 1.807) is 7.11 Å². The van der Waals surface area contributed by atoms with Crippen LogP contribution in [0.4, 0.5) is 0 Å². The zero-order valence-electron chi connectivity index (χ0n) is 7.95. The van der Waals surface area contributed by atoms with Crippen molar-refractivity contribution in [2.24, 2.45) is 5.84 Å². The zero-order chi connectivity index (χ0) is 9.68. The van der Waals surface area contributed by atoms with E-state index in [2.05, 4.69) is 10.3 Å². The minimum atomic E-state index is -0.136. The standard InChI is InChI=1S/C8H17N3O2/c1-13-5-4-11(7-2-3-7)6-8(12)10-9/h7H,2-6,9H2,1H3,(H,10,12). The number of nitrogens with zero attached hydrogens (tertiary/aromatic N) is 1. The number of amides is 1. The van der Waals surface area contributed by atoms with Crippen molar-refractivity contribution in [2.45, 2.75) is 18.9 Å². The third-order valence-electron chi connectivity index (χ3n) is 2.15. The minimum absolute atomic E-state index is 0.136. The van der Waals surface area contributed by atoms with Crippen LogP contribution < -0.4 is 11.3 Å². The Labute approximate surface area is 78.2 Å². The maximum atomic E-state index is 11.0. The van der Waals surface area contributed by atoms with Crippen LogP contribution in [0, 0.1) is 0 Å². The molecule has 0 spiro atoms. The first-order chi connectivity index (χ1) is 6.27. The molecule has 1 fully saturated rings. The number of hydrogen-bond donors (Lipinski definition) is 2. The molecule has 0 aromatic rings. The summed E-state index contributed by atoms with van der Waals surface area (Å²) in [6.45, 7) is 1.84. The third-order valence-corrected chi connectivity index (χ3v) is 2.15. The van der Waals surface area contributed by atoms with Crippen LogP contribution in [0.15, 0.2) is 0 Å². The molecule has 0 atom stereocenters. The highest BCUT2D eigenvalue weighted by Crippen LogP contribution is 2.25. The molecular weight excluding hydrogens is 170 g/mol. The number of carbonyl (C=O) groups is 1. The van der Waals surface area contributed by atoms with Gasteiger partial charge in [-0.1, -0.05) is 0 Å². The van der Waals surface area contributed by atoms with Gasteiger partial charge in [-0.2, -0.15) is 0 Å². The molecule has 76 valence electrons. The van der Waals surface area contributed by atoms with Crippen LogP contribution in [-0.2, 0) is 9.53 Å². The summed E-state index contributed by atoms with van der Waals surface area (Å²) in [6, 6.07) is 0.562. The van der Waals surface area contributed by atoms with Crippen LogP contribution >= 0.6 is 0 Å². The molecule has 0 saturated heterocycles. The second kappa shape index (κ2) is 5.16. The van der Waals surface area contributed by atoms with Crippen molar-refractivity contribution in [2.75, 3.05) is 26.8 Å². The van der Waals surface area contributed by atoms with Gasteiger partial charge in [-0.05, 0) is 12.8 Å². The van der Waals surface area contributed by atoms with Gasteiger partial charge in [-0.15, -0.1) is 0 Å². The summed E-state index contributed by atoms with van der Waals surface area (Å²) in [4.78, 5) is 13.1. The molecule has 13 heavy (non-hydrogen) atoms. The van der Waals surface area contributed by atoms with E-state index in [0.29, 0.717) is 19.2 Å². The van der Waals surface area contributed by atoms with Gasteiger partial charge in [-0.25, -0.2) is 5.84 Å². The molecule has 0 bridgehead atoms. The van der Waals surface area contributed by atoms with E-state index in [9.17, 15) is 4.79 Å². The van der Waals surface area contributed by atoms with Crippen molar-refractivity contribution < 1.29 is 9.53 Å². The maximum absolute atomic E-state index is 11.0. The van der Waals surface area contributed by atoms with Crippen LogP contribution in [0.3, 0.4) is 0 Å². The average Bonchev–Trinajstić information content (AvgIpc) is 2.94. The normalized spacial score (nSPS) is 16.2. The number of ether oxygens (including phenoxy) is 1. The molecule has 1 aliphatic rings. The van der Waals surface area contributed by atoms with Gasteiger partial charge in [0.1, 0.15) is 0 Å². The first-order valence-corrected chi connectivity index (χ1v) is 4.50. The zero-order valence-corrected chi connectivity index (χ0v) is 7.95. The Morgan fingerprint density at radius 1 is 1.69 bits per heavy atom. The third kappa shape index (κ3) is 3.71. The van der Waals surface area contributed by atoms with Gasteiger partial charge < -0.3 is 4.74 Å². The molecule has 1 rings (SSSR count). The van der Waals surface area contributed by atoms with Gasteiger partial charge in [0.15, 0.2) is 0 Å². The van der Waals surface area contributed by atoms with Crippen molar-refractivity contribution in [1.82, 2.24) is 10.3 Å². The molecule has 3 N–H and O–H groups in total. The number of nitrogens with two attached hydrogens (primary N) is 1. The Bertz CT molecular complexity index is 171. The molecule has 1 saturated carbocycles. The summed E-state index contributed by atoms with van der Waals surface area (Å²) in [7, 11) is 1.66. The number of rotatable bonds is 6. The van der Waals surface area contributed by atoms with Crippen LogP contribution in [0.2, 0.25) is 0 Å². The van der Waals surface area contributed by atoms with Crippen LogP contribution in [0.25, 0.3) is 0 Å². The lowest BCUT2D eigenvalue weighted by atomic mass is 10.4. The van der Waals surface area contributed by atoms with Crippen molar-refractivity contribution in [3.63, 3.8) is 0 Å². The van der Waals surface area contributed by atoms with E-state index in [1.165, 1.54) is 12.8 Å². The monoisotopic (exact) mass is 187 g/mol. The van der Waals surface area contributed by atoms with Gasteiger partial charge >= 0.3 is 0 Å². The first-order valence-electron chi connectivity index (χ1n) is 4.50. The van der Waals surface area contributed by atoms with E-state index in [1.807, 2.05) is 0 Å². The number of methoxy groups -OCH3 is 1. The topological polar surface area (TPSA) is 67.6 Å². The fourth-order valence-corrected chi connectivity index (χ4v) is 1.27. The molecule has 0 aliphatic heterocycles. The molecule has 0 heterocycles. The van der Waals surface area contributed by atoms with Crippen LogP contribution in [0.5, 0.6) is 0 Å². The molecule has 5 nitrogen and oxygen atoms in total. The second-order valence-corrected chi connectivity index (χ2v) is 3.26. The SMILES string of the molecule is COCCN(CC(=O)NN)C1CC1. The van der Waals surface area contributed by atoms with Crippen molar-refractivity contribution in [3.8, 4) is 0 Å². The van der Waals surface area contributed by atoms with Gasteiger partial charge in [0.25, 0.3) is 0 Å². The van der Waals surface area contributed by atoms with E-state index in [4.69, 9.17) is 10.6 Å². The minimum Gasteiger partial charge on any atom is -0.383 e. The van der Waals surface area contributed by atoms with Crippen molar-refractivity contribution in [1.29, 1.82) is 0 Å². The quantitative estimate of drug-likeness (QED) is 0.321. The predicted molar refractivity (Wildman–Crippen MR) is 48.8 cm³/mol. The Balaban J connectivity index is 2.24. The lowest BCUT2D eigenvalue weighted by Gasteiger charge is -2.19. The lowest BCUT2D eigenvalue weighted by molar-refractivity contribution is -0.122. The van der Waals surface area contributed by atoms with E-state index >= 15 is 0 Å². The number of hydrogen-bond acceptors (Lipinski definition) is 4. The van der Waals surface area contributed by atoms with Crippen LogP contribution in [0.1, 0.15) is 12.8 Å². The van der Waals surface area contributed by atoms with Crippen LogP contribution in [-0.4, -0.2) is 43.7 Å². The van der Waals surface area contributed by atoms with Gasteiger partial charge in [0.05, 0.1) is 13.2 Å². The molecule has 1 aliphatic carbocycles. The maximum Gasteiger partial charge on any atom is 0.248 e. The fourth-order valence-electron chi connectivity index (χ4n) is 1.27. The van der Waals surface area contributed by atoms with Crippen molar-refractivity contribution in [3.05, 3.63) is 0 Å². The van der Waals surface area contributed by atoms with Crippen molar-refractivity contribution >= 4 is 5.91 Å². The summed E-state index contributed by atoms with van der Waals surface area (Å²) in [5, 5.41) is 0. The van der Waals surface area contributed by atoms with Gasteiger partial charge in [0.2, 0.25) is 5.91 Å². The highest BCUT2D eigenvalue weighted by Gasteiger charge is 2.29.